The lowest BCUT2D eigenvalue weighted by Gasteiger charge is -1.93. The number of thiophene rings is 1. The van der Waals surface area contributed by atoms with E-state index in [1.54, 1.807) is 0 Å². The van der Waals surface area contributed by atoms with Crippen molar-refractivity contribution < 1.29 is 4.79 Å². The van der Waals surface area contributed by atoms with E-state index in [2.05, 4.69) is 0 Å². The van der Waals surface area contributed by atoms with Crippen molar-refractivity contribution in [1.29, 1.82) is 5.26 Å². The Kier molecular flexibility index (Phi) is 3.49. The summed E-state index contributed by atoms with van der Waals surface area (Å²) in [7, 11) is 0. The molecule has 3 heteroatoms. The minimum Gasteiger partial charge on any atom is -0.294 e. The number of hydrogen-bond acceptors (Lipinski definition) is 3. The molecular weight excluding hydrogens is 170 g/mol. The summed E-state index contributed by atoms with van der Waals surface area (Å²) in [6.45, 7) is 0. The van der Waals surface area contributed by atoms with Gasteiger partial charge in [-0.3, -0.25) is 4.79 Å². The molecule has 12 heavy (non-hydrogen) atoms. The zero-order valence-electron chi connectivity index (χ0n) is 6.62. The van der Waals surface area contributed by atoms with Crippen LogP contribution < -0.4 is 0 Å². The van der Waals surface area contributed by atoms with E-state index in [-0.39, 0.29) is 5.78 Å². The van der Waals surface area contributed by atoms with Gasteiger partial charge in [0, 0.05) is 23.8 Å². The summed E-state index contributed by atoms with van der Waals surface area (Å²) in [5, 5.41) is 12.0. The molecule has 0 saturated heterocycles. The summed E-state index contributed by atoms with van der Waals surface area (Å²) in [5.74, 6) is 0.145. The molecule has 0 amide bonds. The van der Waals surface area contributed by atoms with E-state index >= 15 is 0 Å². The maximum Gasteiger partial charge on any atom is 0.163 e. The van der Waals surface area contributed by atoms with Gasteiger partial charge in [0.25, 0.3) is 0 Å². The molecule has 0 bridgehead atoms. The van der Waals surface area contributed by atoms with E-state index in [0.29, 0.717) is 19.3 Å². The van der Waals surface area contributed by atoms with Crippen molar-refractivity contribution in [3.63, 3.8) is 0 Å². The van der Waals surface area contributed by atoms with E-state index in [9.17, 15) is 4.79 Å². The number of carbonyl (C=O) groups excluding carboxylic acids is 1. The van der Waals surface area contributed by atoms with Crippen LogP contribution in [0.25, 0.3) is 0 Å². The second kappa shape index (κ2) is 4.68. The van der Waals surface area contributed by atoms with E-state index in [1.807, 2.05) is 22.9 Å². The molecule has 1 aromatic rings. The Labute approximate surface area is 75.5 Å². The Morgan fingerprint density at radius 1 is 1.67 bits per heavy atom. The molecule has 0 N–H and O–H groups in total. The predicted octanol–water partition coefficient (Wildman–Crippen LogP) is 2.62. The maximum absolute atomic E-state index is 11.3. The molecule has 0 saturated carbocycles. The highest BCUT2D eigenvalue weighted by Crippen LogP contribution is 2.10. The van der Waals surface area contributed by atoms with Crippen LogP contribution in [0.4, 0.5) is 0 Å². The first-order chi connectivity index (χ1) is 5.84. The van der Waals surface area contributed by atoms with Crippen molar-refractivity contribution >= 4 is 17.1 Å². The number of nitrogens with zero attached hydrogens (tertiary/aromatic N) is 1. The van der Waals surface area contributed by atoms with Gasteiger partial charge in [0.15, 0.2) is 5.78 Å². The van der Waals surface area contributed by atoms with Crippen molar-refractivity contribution in [2.45, 2.75) is 19.3 Å². The van der Waals surface area contributed by atoms with Gasteiger partial charge in [0.05, 0.1) is 6.07 Å². The molecule has 0 aliphatic rings. The minimum absolute atomic E-state index is 0.145. The van der Waals surface area contributed by atoms with Crippen molar-refractivity contribution in [1.82, 2.24) is 0 Å². The number of nitriles is 1. The van der Waals surface area contributed by atoms with Gasteiger partial charge in [-0.25, -0.2) is 0 Å². The second-order valence-electron chi connectivity index (χ2n) is 2.45. The Hall–Kier alpha value is -1.14. The third-order valence-corrected chi connectivity index (χ3v) is 2.22. The molecule has 1 heterocycles. The molecule has 0 aromatic carbocycles. The highest BCUT2D eigenvalue weighted by atomic mass is 32.1. The lowest BCUT2D eigenvalue weighted by atomic mass is 10.1. The van der Waals surface area contributed by atoms with Gasteiger partial charge in [-0.15, -0.1) is 0 Å². The lowest BCUT2D eigenvalue weighted by molar-refractivity contribution is 0.0981. The molecule has 0 radical (unpaired) electrons. The van der Waals surface area contributed by atoms with Crippen LogP contribution in [0.1, 0.15) is 29.6 Å². The fourth-order valence-electron chi connectivity index (χ4n) is 0.895. The summed E-state index contributed by atoms with van der Waals surface area (Å²) < 4.78 is 0. The predicted molar refractivity (Wildman–Crippen MR) is 48.1 cm³/mol. The number of ketones is 1. The normalized spacial score (nSPS) is 9.25. The van der Waals surface area contributed by atoms with Crippen LogP contribution in [0.3, 0.4) is 0 Å². The average Bonchev–Trinajstić information content (AvgIpc) is 2.56. The smallest absolute Gasteiger partial charge is 0.163 e. The first-order valence-electron chi connectivity index (χ1n) is 3.77. The Balaban J connectivity index is 2.36. The topological polar surface area (TPSA) is 40.9 Å². The van der Waals surface area contributed by atoms with Gasteiger partial charge >= 0.3 is 0 Å². The highest BCUT2D eigenvalue weighted by molar-refractivity contribution is 7.08. The van der Waals surface area contributed by atoms with Crippen molar-refractivity contribution in [3.05, 3.63) is 22.4 Å². The van der Waals surface area contributed by atoms with Crippen LogP contribution in [0.5, 0.6) is 0 Å². The van der Waals surface area contributed by atoms with Crippen LogP contribution in [0, 0.1) is 11.3 Å². The molecule has 0 aliphatic carbocycles. The molecule has 0 unspecified atom stereocenters. The highest BCUT2D eigenvalue weighted by Gasteiger charge is 2.04. The number of rotatable bonds is 4. The largest absolute Gasteiger partial charge is 0.294 e. The molecule has 2 nitrogen and oxygen atoms in total. The summed E-state index contributed by atoms with van der Waals surface area (Å²) in [4.78, 5) is 11.3. The quantitative estimate of drug-likeness (QED) is 0.526. The van der Waals surface area contributed by atoms with E-state index in [4.69, 9.17) is 5.26 Å². The third kappa shape index (κ3) is 2.48. The Morgan fingerprint density at radius 3 is 3.08 bits per heavy atom. The second-order valence-corrected chi connectivity index (χ2v) is 3.23. The molecule has 0 fully saturated rings. The monoisotopic (exact) mass is 179 g/mol. The third-order valence-electron chi connectivity index (χ3n) is 1.54. The van der Waals surface area contributed by atoms with Crippen molar-refractivity contribution in [2.24, 2.45) is 0 Å². The lowest BCUT2D eigenvalue weighted by Crippen LogP contribution is -1.95. The van der Waals surface area contributed by atoms with Gasteiger partial charge in [-0.05, 0) is 17.9 Å². The van der Waals surface area contributed by atoms with Crippen LogP contribution in [0.2, 0.25) is 0 Å². The van der Waals surface area contributed by atoms with Crippen LogP contribution in [0.15, 0.2) is 16.8 Å². The van der Waals surface area contributed by atoms with Crippen LogP contribution in [-0.4, -0.2) is 5.78 Å². The number of unbranched alkanes of at least 4 members (excludes halogenated alkanes) is 1. The van der Waals surface area contributed by atoms with Gasteiger partial charge < -0.3 is 0 Å². The molecule has 1 rings (SSSR count). The summed E-state index contributed by atoms with van der Waals surface area (Å²) in [6, 6.07) is 3.84. The van der Waals surface area contributed by atoms with Crippen LogP contribution >= 0.6 is 11.3 Å². The summed E-state index contributed by atoms with van der Waals surface area (Å²) >= 11 is 1.52. The van der Waals surface area contributed by atoms with Gasteiger partial charge in [0.2, 0.25) is 0 Å². The molecular formula is C9H9NOS. The standard InChI is InChI=1S/C9H9NOS/c10-5-2-1-3-9(11)8-4-6-12-7-8/h4,6-7H,1-3H2. The average molecular weight is 179 g/mol. The SMILES string of the molecule is N#CCCCC(=O)c1ccsc1. The molecule has 0 spiro atoms. The van der Waals surface area contributed by atoms with Crippen molar-refractivity contribution in [3.8, 4) is 6.07 Å². The zero-order valence-corrected chi connectivity index (χ0v) is 7.43. The van der Waals surface area contributed by atoms with Gasteiger partial charge in [-0.1, -0.05) is 0 Å². The number of Topliss-reactive ketones (excluding diaryl/α,β-unsaturated/α-hetero) is 1. The first kappa shape index (κ1) is 8.95. The number of carbonyl (C=O) groups is 1. The van der Waals surface area contributed by atoms with E-state index in [0.717, 1.165) is 5.56 Å². The fourth-order valence-corrected chi connectivity index (χ4v) is 1.56. The van der Waals surface area contributed by atoms with Gasteiger partial charge in [0.1, 0.15) is 0 Å². The van der Waals surface area contributed by atoms with Crippen molar-refractivity contribution in [2.75, 3.05) is 0 Å². The molecule has 0 aliphatic heterocycles. The molecule has 0 atom stereocenters. The molecule has 62 valence electrons. The van der Waals surface area contributed by atoms with E-state index in [1.165, 1.54) is 11.3 Å². The fraction of sp³-hybridized carbons (Fsp3) is 0.333. The zero-order chi connectivity index (χ0) is 8.81. The number of hydrogen-bond donors (Lipinski definition) is 0. The van der Waals surface area contributed by atoms with E-state index < -0.39 is 0 Å². The first-order valence-corrected chi connectivity index (χ1v) is 4.71. The summed E-state index contributed by atoms with van der Waals surface area (Å²) in [6.07, 6.45) is 1.63. The maximum atomic E-state index is 11.3. The minimum atomic E-state index is 0.145. The summed E-state index contributed by atoms with van der Waals surface area (Å²) in [5.41, 5.74) is 0.776. The van der Waals surface area contributed by atoms with Crippen LogP contribution in [-0.2, 0) is 0 Å². The van der Waals surface area contributed by atoms with Gasteiger partial charge in [-0.2, -0.15) is 16.6 Å². The molecule has 1 aromatic heterocycles. The Bertz CT molecular complexity index is 284. The Morgan fingerprint density at radius 2 is 2.50 bits per heavy atom.